The summed E-state index contributed by atoms with van der Waals surface area (Å²) in [6, 6.07) is 0.560. The molecule has 0 aliphatic heterocycles. The van der Waals surface area contributed by atoms with E-state index in [0.717, 1.165) is 13.0 Å². The summed E-state index contributed by atoms with van der Waals surface area (Å²) in [6.07, 6.45) is 3.19. The van der Waals surface area contributed by atoms with Crippen molar-refractivity contribution in [2.24, 2.45) is 5.41 Å². The highest BCUT2D eigenvalue weighted by Crippen LogP contribution is 2.24. The van der Waals surface area contributed by atoms with Gasteiger partial charge in [-0.1, -0.05) is 27.2 Å². The van der Waals surface area contributed by atoms with E-state index in [9.17, 15) is 5.11 Å². The topological polar surface area (TPSA) is 32.3 Å². The van der Waals surface area contributed by atoms with Crippen LogP contribution in [-0.4, -0.2) is 23.8 Å². The Morgan fingerprint density at radius 3 is 2.21 bits per heavy atom. The van der Waals surface area contributed by atoms with Gasteiger partial charge in [-0.05, 0) is 26.7 Å². The van der Waals surface area contributed by atoms with Crippen LogP contribution in [-0.2, 0) is 0 Å². The van der Waals surface area contributed by atoms with Crippen molar-refractivity contribution in [3.63, 3.8) is 0 Å². The fourth-order valence-electron chi connectivity index (χ4n) is 1.51. The summed E-state index contributed by atoms with van der Waals surface area (Å²) in [7, 11) is 0. The normalized spacial score (nSPS) is 20.1. The summed E-state index contributed by atoms with van der Waals surface area (Å²) in [4.78, 5) is 0. The third-order valence-corrected chi connectivity index (χ3v) is 3.39. The van der Waals surface area contributed by atoms with Gasteiger partial charge < -0.3 is 10.4 Å². The van der Waals surface area contributed by atoms with Crippen LogP contribution in [0.2, 0.25) is 0 Å². The first-order valence-electron chi connectivity index (χ1n) is 5.87. The molecular formula is C12H27NO. The highest BCUT2D eigenvalue weighted by molar-refractivity contribution is 4.81. The standard InChI is InChI=1S/C12H27NO/c1-6-8-10(3)13-9-12(5,7-2)11(4)14/h10-11,13-14H,6-9H2,1-5H3. The van der Waals surface area contributed by atoms with E-state index in [2.05, 4.69) is 33.0 Å². The Morgan fingerprint density at radius 2 is 1.86 bits per heavy atom. The van der Waals surface area contributed by atoms with Gasteiger partial charge in [0.2, 0.25) is 0 Å². The minimum absolute atomic E-state index is 0.0159. The number of rotatable bonds is 7. The van der Waals surface area contributed by atoms with Crippen LogP contribution in [0.5, 0.6) is 0 Å². The molecule has 0 aliphatic rings. The lowest BCUT2D eigenvalue weighted by Crippen LogP contribution is -2.42. The summed E-state index contributed by atoms with van der Waals surface area (Å²) in [5.74, 6) is 0. The zero-order chi connectivity index (χ0) is 11.2. The number of aliphatic hydroxyl groups is 1. The average molecular weight is 201 g/mol. The molecule has 0 saturated heterocycles. The van der Waals surface area contributed by atoms with Crippen LogP contribution in [0.15, 0.2) is 0 Å². The number of hydrogen-bond donors (Lipinski definition) is 2. The highest BCUT2D eigenvalue weighted by Gasteiger charge is 2.27. The molecule has 3 atom stereocenters. The quantitative estimate of drug-likeness (QED) is 0.663. The lowest BCUT2D eigenvalue weighted by atomic mass is 9.82. The van der Waals surface area contributed by atoms with Crippen molar-refractivity contribution in [2.45, 2.75) is 66.0 Å². The largest absolute Gasteiger partial charge is 0.393 e. The van der Waals surface area contributed by atoms with Crippen LogP contribution in [0.25, 0.3) is 0 Å². The van der Waals surface area contributed by atoms with E-state index >= 15 is 0 Å². The highest BCUT2D eigenvalue weighted by atomic mass is 16.3. The predicted molar refractivity (Wildman–Crippen MR) is 62.5 cm³/mol. The van der Waals surface area contributed by atoms with E-state index in [0.29, 0.717) is 6.04 Å². The zero-order valence-corrected chi connectivity index (χ0v) is 10.4. The lowest BCUT2D eigenvalue weighted by Gasteiger charge is -2.33. The summed E-state index contributed by atoms with van der Waals surface area (Å²) in [5, 5.41) is 13.2. The van der Waals surface area contributed by atoms with E-state index in [4.69, 9.17) is 0 Å². The Kier molecular flexibility index (Phi) is 6.38. The van der Waals surface area contributed by atoms with Crippen LogP contribution < -0.4 is 5.32 Å². The first-order valence-corrected chi connectivity index (χ1v) is 5.87. The second kappa shape index (κ2) is 6.41. The summed E-state index contributed by atoms with van der Waals surface area (Å²) < 4.78 is 0. The van der Waals surface area contributed by atoms with E-state index in [1.165, 1.54) is 12.8 Å². The molecule has 3 unspecified atom stereocenters. The van der Waals surface area contributed by atoms with Crippen LogP contribution >= 0.6 is 0 Å². The zero-order valence-electron chi connectivity index (χ0n) is 10.4. The Bertz CT molecular complexity index is 147. The Balaban J connectivity index is 3.95. The minimum atomic E-state index is -0.242. The molecule has 0 amide bonds. The van der Waals surface area contributed by atoms with Gasteiger partial charge in [-0.15, -0.1) is 0 Å². The summed E-state index contributed by atoms with van der Waals surface area (Å²) in [6.45, 7) is 11.5. The van der Waals surface area contributed by atoms with Crippen molar-refractivity contribution in [1.29, 1.82) is 0 Å². The van der Waals surface area contributed by atoms with E-state index in [1.54, 1.807) is 0 Å². The molecule has 0 radical (unpaired) electrons. The van der Waals surface area contributed by atoms with Gasteiger partial charge in [-0.2, -0.15) is 0 Å². The molecule has 0 aromatic rings. The van der Waals surface area contributed by atoms with Crippen LogP contribution in [0.3, 0.4) is 0 Å². The smallest absolute Gasteiger partial charge is 0.0577 e. The monoisotopic (exact) mass is 201 g/mol. The van der Waals surface area contributed by atoms with Crippen LogP contribution in [0, 0.1) is 5.41 Å². The molecule has 0 spiro atoms. The van der Waals surface area contributed by atoms with E-state index in [-0.39, 0.29) is 11.5 Å². The average Bonchev–Trinajstić information content (AvgIpc) is 2.14. The summed E-state index contributed by atoms with van der Waals surface area (Å²) in [5.41, 5.74) is 0.0159. The molecule has 0 bridgehead atoms. The molecular weight excluding hydrogens is 174 g/mol. The van der Waals surface area contributed by atoms with Gasteiger partial charge in [-0.3, -0.25) is 0 Å². The Hall–Kier alpha value is -0.0800. The number of aliphatic hydroxyl groups excluding tert-OH is 1. The molecule has 2 N–H and O–H groups in total. The van der Waals surface area contributed by atoms with Crippen molar-refractivity contribution in [2.75, 3.05) is 6.54 Å². The Morgan fingerprint density at radius 1 is 1.29 bits per heavy atom. The van der Waals surface area contributed by atoms with Gasteiger partial charge in [0.15, 0.2) is 0 Å². The molecule has 0 fully saturated rings. The summed E-state index contributed by atoms with van der Waals surface area (Å²) >= 11 is 0. The molecule has 0 aliphatic carbocycles. The van der Waals surface area contributed by atoms with Gasteiger partial charge in [0.1, 0.15) is 0 Å². The van der Waals surface area contributed by atoms with E-state index in [1.807, 2.05) is 6.92 Å². The molecule has 0 aromatic heterocycles. The Labute approximate surface area is 89.1 Å². The molecule has 14 heavy (non-hydrogen) atoms. The van der Waals surface area contributed by atoms with Crippen molar-refractivity contribution >= 4 is 0 Å². The van der Waals surface area contributed by atoms with E-state index < -0.39 is 0 Å². The fourth-order valence-corrected chi connectivity index (χ4v) is 1.51. The van der Waals surface area contributed by atoms with Gasteiger partial charge in [0.25, 0.3) is 0 Å². The van der Waals surface area contributed by atoms with Crippen molar-refractivity contribution < 1.29 is 5.11 Å². The lowest BCUT2D eigenvalue weighted by molar-refractivity contribution is 0.0472. The van der Waals surface area contributed by atoms with Gasteiger partial charge in [0, 0.05) is 18.0 Å². The minimum Gasteiger partial charge on any atom is -0.393 e. The fraction of sp³-hybridized carbons (Fsp3) is 1.00. The molecule has 86 valence electrons. The maximum absolute atomic E-state index is 9.67. The molecule has 0 heterocycles. The third-order valence-electron chi connectivity index (χ3n) is 3.39. The molecule has 0 rings (SSSR count). The van der Waals surface area contributed by atoms with Gasteiger partial charge in [-0.25, -0.2) is 0 Å². The SMILES string of the molecule is CCCC(C)NCC(C)(CC)C(C)O. The second-order valence-corrected chi connectivity index (χ2v) is 4.75. The third kappa shape index (κ3) is 4.43. The molecule has 0 aromatic carbocycles. The molecule has 2 heteroatoms. The first kappa shape index (κ1) is 13.9. The number of nitrogens with one attached hydrogen (secondary N) is 1. The first-order chi connectivity index (χ1) is 6.46. The van der Waals surface area contributed by atoms with Crippen molar-refractivity contribution in [1.82, 2.24) is 5.32 Å². The van der Waals surface area contributed by atoms with Crippen LogP contribution in [0.4, 0.5) is 0 Å². The van der Waals surface area contributed by atoms with Crippen molar-refractivity contribution in [3.05, 3.63) is 0 Å². The number of hydrogen-bond acceptors (Lipinski definition) is 2. The predicted octanol–water partition coefficient (Wildman–Crippen LogP) is 2.56. The molecule has 2 nitrogen and oxygen atoms in total. The van der Waals surface area contributed by atoms with Gasteiger partial charge in [0.05, 0.1) is 6.10 Å². The van der Waals surface area contributed by atoms with Crippen LogP contribution in [0.1, 0.15) is 53.9 Å². The molecule has 0 saturated carbocycles. The maximum Gasteiger partial charge on any atom is 0.0577 e. The maximum atomic E-state index is 9.67. The van der Waals surface area contributed by atoms with Crippen molar-refractivity contribution in [3.8, 4) is 0 Å². The second-order valence-electron chi connectivity index (χ2n) is 4.75. The van der Waals surface area contributed by atoms with Gasteiger partial charge >= 0.3 is 0 Å².